The maximum atomic E-state index is 11.0. The number of nitro benzene ring substituents is 1. The number of nitro groups is 1. The molecule has 3 aromatic carbocycles. The van der Waals surface area contributed by atoms with Crippen molar-refractivity contribution in [2.24, 2.45) is 0 Å². The van der Waals surface area contributed by atoms with Crippen LogP contribution in [0.5, 0.6) is 11.5 Å². The van der Waals surface area contributed by atoms with Crippen molar-refractivity contribution in [3.63, 3.8) is 0 Å². The van der Waals surface area contributed by atoms with Crippen LogP contribution in [0.2, 0.25) is 0 Å². The standard InChI is InChI=1S/C24H15N3O3S/c25-15-19(13-17-5-4-6-20(14-17)27(28)29)24-26-23(16-31-24)18-9-11-22(12-10-18)30-21-7-2-1-3-8-21/h1-14,16H. The van der Waals surface area contributed by atoms with Crippen LogP contribution in [0.25, 0.3) is 22.9 Å². The molecular formula is C24H15N3O3S. The Morgan fingerprint density at radius 2 is 1.77 bits per heavy atom. The minimum absolute atomic E-state index is 0.0244. The summed E-state index contributed by atoms with van der Waals surface area (Å²) in [5, 5.41) is 23.0. The highest BCUT2D eigenvalue weighted by Crippen LogP contribution is 2.29. The second kappa shape index (κ2) is 9.03. The van der Waals surface area contributed by atoms with E-state index in [1.807, 2.05) is 60.0 Å². The number of non-ortho nitro benzene ring substituents is 1. The van der Waals surface area contributed by atoms with Crippen molar-refractivity contribution in [1.82, 2.24) is 4.98 Å². The van der Waals surface area contributed by atoms with E-state index in [9.17, 15) is 15.4 Å². The van der Waals surface area contributed by atoms with Gasteiger partial charge in [-0.2, -0.15) is 5.26 Å². The first kappa shape index (κ1) is 20.0. The van der Waals surface area contributed by atoms with Gasteiger partial charge in [-0.1, -0.05) is 30.3 Å². The molecule has 0 N–H and O–H groups in total. The number of rotatable bonds is 6. The Bertz CT molecular complexity index is 1290. The highest BCUT2D eigenvalue weighted by Gasteiger charge is 2.11. The average molecular weight is 425 g/mol. The van der Waals surface area contributed by atoms with Gasteiger partial charge in [0.05, 0.1) is 16.2 Å². The molecule has 0 amide bonds. The van der Waals surface area contributed by atoms with Gasteiger partial charge in [0.2, 0.25) is 0 Å². The van der Waals surface area contributed by atoms with E-state index in [1.54, 1.807) is 18.2 Å². The van der Waals surface area contributed by atoms with Gasteiger partial charge in [-0.3, -0.25) is 10.1 Å². The van der Waals surface area contributed by atoms with Gasteiger partial charge >= 0.3 is 0 Å². The summed E-state index contributed by atoms with van der Waals surface area (Å²) in [6.45, 7) is 0. The third kappa shape index (κ3) is 4.83. The van der Waals surface area contributed by atoms with Gasteiger partial charge in [-0.25, -0.2) is 4.98 Å². The van der Waals surface area contributed by atoms with E-state index in [2.05, 4.69) is 11.1 Å². The summed E-state index contributed by atoms with van der Waals surface area (Å²) < 4.78 is 5.80. The Balaban J connectivity index is 1.55. The topological polar surface area (TPSA) is 89.0 Å². The number of nitrogens with zero attached hydrogens (tertiary/aromatic N) is 3. The molecule has 0 aliphatic carbocycles. The highest BCUT2D eigenvalue weighted by molar-refractivity contribution is 7.11. The molecule has 0 spiro atoms. The molecule has 0 fully saturated rings. The van der Waals surface area contributed by atoms with Crippen LogP contribution in [0.15, 0.2) is 84.2 Å². The van der Waals surface area contributed by atoms with Crippen LogP contribution in [-0.4, -0.2) is 9.91 Å². The fraction of sp³-hybridized carbons (Fsp3) is 0. The van der Waals surface area contributed by atoms with Crippen LogP contribution >= 0.6 is 11.3 Å². The smallest absolute Gasteiger partial charge is 0.270 e. The first-order valence-electron chi connectivity index (χ1n) is 9.28. The third-order valence-electron chi connectivity index (χ3n) is 4.38. The molecule has 0 aliphatic rings. The number of aromatic nitrogens is 1. The second-order valence-corrected chi connectivity index (χ2v) is 7.36. The SMILES string of the molecule is N#CC(=Cc1cccc([N+](=O)[O-])c1)c1nc(-c2ccc(Oc3ccccc3)cc2)cs1. The van der Waals surface area contributed by atoms with Gasteiger partial charge in [-0.05, 0) is 48.0 Å². The monoisotopic (exact) mass is 425 g/mol. The summed E-state index contributed by atoms with van der Waals surface area (Å²) in [6.07, 6.45) is 1.60. The van der Waals surface area contributed by atoms with E-state index >= 15 is 0 Å². The number of allylic oxidation sites excluding steroid dienone is 1. The quantitative estimate of drug-likeness (QED) is 0.198. The number of ether oxygens (including phenoxy) is 1. The van der Waals surface area contributed by atoms with Gasteiger partial charge in [0.1, 0.15) is 22.6 Å². The Labute approximate surface area is 182 Å². The Kier molecular flexibility index (Phi) is 5.83. The molecule has 0 saturated heterocycles. The molecule has 0 radical (unpaired) electrons. The van der Waals surface area contributed by atoms with Crippen molar-refractivity contribution >= 4 is 28.7 Å². The van der Waals surface area contributed by atoms with Crippen LogP contribution in [0.4, 0.5) is 5.69 Å². The minimum Gasteiger partial charge on any atom is -0.457 e. The number of nitriles is 1. The molecule has 0 saturated carbocycles. The summed E-state index contributed by atoms with van der Waals surface area (Å²) >= 11 is 1.35. The third-order valence-corrected chi connectivity index (χ3v) is 5.25. The summed E-state index contributed by atoms with van der Waals surface area (Å²) in [5.41, 5.74) is 2.54. The zero-order valence-corrected chi connectivity index (χ0v) is 17.0. The lowest BCUT2D eigenvalue weighted by atomic mass is 10.1. The van der Waals surface area contributed by atoms with E-state index < -0.39 is 4.92 Å². The maximum Gasteiger partial charge on any atom is 0.270 e. The van der Waals surface area contributed by atoms with Crippen molar-refractivity contribution in [2.75, 3.05) is 0 Å². The van der Waals surface area contributed by atoms with Crippen molar-refractivity contribution in [3.05, 3.63) is 105 Å². The van der Waals surface area contributed by atoms with Crippen LogP contribution in [0.3, 0.4) is 0 Å². The van der Waals surface area contributed by atoms with E-state index in [1.165, 1.54) is 23.5 Å². The van der Waals surface area contributed by atoms with Gasteiger partial charge in [-0.15, -0.1) is 11.3 Å². The molecule has 1 aromatic heterocycles. The van der Waals surface area contributed by atoms with Gasteiger partial charge in [0, 0.05) is 23.1 Å². The van der Waals surface area contributed by atoms with Crippen molar-refractivity contribution in [2.45, 2.75) is 0 Å². The lowest BCUT2D eigenvalue weighted by Gasteiger charge is -2.05. The van der Waals surface area contributed by atoms with E-state index in [-0.39, 0.29) is 5.69 Å². The predicted molar refractivity (Wildman–Crippen MR) is 121 cm³/mol. The fourth-order valence-corrected chi connectivity index (χ4v) is 3.68. The summed E-state index contributed by atoms with van der Waals surface area (Å²) in [5.74, 6) is 1.48. The van der Waals surface area contributed by atoms with Crippen molar-refractivity contribution < 1.29 is 9.66 Å². The predicted octanol–water partition coefficient (Wildman–Crippen LogP) is 6.57. The van der Waals surface area contributed by atoms with E-state index in [0.717, 1.165) is 17.0 Å². The van der Waals surface area contributed by atoms with Gasteiger partial charge in [0.15, 0.2) is 0 Å². The normalized spacial score (nSPS) is 11.0. The highest BCUT2D eigenvalue weighted by atomic mass is 32.1. The molecule has 4 rings (SSSR count). The first-order valence-corrected chi connectivity index (χ1v) is 10.2. The van der Waals surface area contributed by atoms with Crippen molar-refractivity contribution in [3.8, 4) is 28.8 Å². The minimum atomic E-state index is -0.462. The molecule has 0 unspecified atom stereocenters. The van der Waals surface area contributed by atoms with E-state index in [4.69, 9.17) is 4.74 Å². The average Bonchev–Trinajstić information content (AvgIpc) is 3.29. The molecule has 0 aliphatic heterocycles. The lowest BCUT2D eigenvalue weighted by Crippen LogP contribution is -1.88. The fourth-order valence-electron chi connectivity index (χ4n) is 2.89. The number of para-hydroxylation sites is 1. The number of hydrogen-bond acceptors (Lipinski definition) is 6. The van der Waals surface area contributed by atoms with Crippen molar-refractivity contribution in [1.29, 1.82) is 5.26 Å². The van der Waals surface area contributed by atoms with Gasteiger partial charge in [0.25, 0.3) is 5.69 Å². The molecule has 31 heavy (non-hydrogen) atoms. The second-order valence-electron chi connectivity index (χ2n) is 6.50. The van der Waals surface area contributed by atoms with Crippen LogP contribution in [0, 0.1) is 21.4 Å². The lowest BCUT2D eigenvalue weighted by molar-refractivity contribution is -0.384. The zero-order chi connectivity index (χ0) is 21.6. The molecule has 6 nitrogen and oxygen atoms in total. The number of thiazole rings is 1. The summed E-state index contributed by atoms with van der Waals surface area (Å²) in [4.78, 5) is 15.1. The number of benzene rings is 3. The maximum absolute atomic E-state index is 11.0. The van der Waals surface area contributed by atoms with E-state index in [0.29, 0.717) is 21.9 Å². The zero-order valence-electron chi connectivity index (χ0n) is 16.1. The molecule has 0 atom stereocenters. The van der Waals surface area contributed by atoms with Crippen LogP contribution < -0.4 is 4.74 Å². The molecule has 7 heteroatoms. The molecular weight excluding hydrogens is 410 g/mol. The van der Waals surface area contributed by atoms with Crippen LogP contribution in [-0.2, 0) is 0 Å². The molecule has 4 aromatic rings. The Hall–Kier alpha value is -4.28. The first-order chi connectivity index (χ1) is 15.1. The Morgan fingerprint density at radius 3 is 2.48 bits per heavy atom. The summed E-state index contributed by atoms with van der Waals surface area (Å²) in [6, 6.07) is 25.4. The Morgan fingerprint density at radius 1 is 1.03 bits per heavy atom. The summed E-state index contributed by atoms with van der Waals surface area (Å²) in [7, 11) is 0. The largest absolute Gasteiger partial charge is 0.457 e. The van der Waals surface area contributed by atoms with Gasteiger partial charge < -0.3 is 4.74 Å². The molecule has 0 bridgehead atoms. The molecule has 150 valence electrons. The number of hydrogen-bond donors (Lipinski definition) is 0. The van der Waals surface area contributed by atoms with Crippen LogP contribution in [0.1, 0.15) is 10.6 Å². The molecule has 1 heterocycles.